The number of ether oxygens (including phenoxy) is 1. The SMILES string of the molecule is CC1CC2=CC(=O)CCC2C2CCC3(C)C(OC(=O)C45CC6CC(CC(C6)C4)C5)CCC3C12. The van der Waals surface area contributed by atoms with Gasteiger partial charge in [0.1, 0.15) is 6.10 Å². The number of rotatable bonds is 2. The first kappa shape index (κ1) is 21.2. The Morgan fingerprint density at radius 3 is 2.39 bits per heavy atom. The first-order valence-electron chi connectivity index (χ1n) is 14.3. The molecule has 0 saturated heterocycles. The quantitative estimate of drug-likeness (QED) is 0.451. The van der Waals surface area contributed by atoms with E-state index in [1.165, 1.54) is 44.1 Å². The molecule has 0 aromatic rings. The molecule has 0 spiro atoms. The highest BCUT2D eigenvalue weighted by molar-refractivity contribution is 5.91. The molecular weight excluding hydrogens is 408 g/mol. The van der Waals surface area contributed by atoms with Gasteiger partial charge in [-0.2, -0.15) is 0 Å². The number of ketones is 1. The third-order valence-corrected chi connectivity index (χ3v) is 12.3. The minimum absolute atomic E-state index is 0.126. The summed E-state index contributed by atoms with van der Waals surface area (Å²) in [6.45, 7) is 4.91. The van der Waals surface area contributed by atoms with Crippen molar-refractivity contribution in [1.82, 2.24) is 0 Å². The zero-order valence-electron chi connectivity index (χ0n) is 20.7. The fourth-order valence-corrected chi connectivity index (χ4v) is 11.3. The van der Waals surface area contributed by atoms with Crippen molar-refractivity contribution in [2.24, 2.45) is 58.2 Å². The maximum Gasteiger partial charge on any atom is 0.312 e. The first-order valence-corrected chi connectivity index (χ1v) is 14.3. The van der Waals surface area contributed by atoms with Crippen LogP contribution in [0.15, 0.2) is 11.6 Å². The Balaban J connectivity index is 1.11. The van der Waals surface area contributed by atoms with Crippen LogP contribution < -0.4 is 0 Å². The minimum atomic E-state index is -0.132. The lowest BCUT2D eigenvalue weighted by atomic mass is 9.49. The number of allylic oxidation sites excluding steroid dienone is 1. The highest BCUT2D eigenvalue weighted by Gasteiger charge is 2.61. The number of fused-ring (bicyclic) bond motifs is 5. The van der Waals surface area contributed by atoms with Crippen LogP contribution in [0.5, 0.6) is 0 Å². The van der Waals surface area contributed by atoms with E-state index >= 15 is 0 Å². The Morgan fingerprint density at radius 1 is 1.00 bits per heavy atom. The molecule has 8 aliphatic carbocycles. The summed E-state index contributed by atoms with van der Waals surface area (Å²) < 4.78 is 6.61. The molecule has 7 atom stereocenters. The van der Waals surface area contributed by atoms with E-state index in [9.17, 15) is 9.59 Å². The van der Waals surface area contributed by atoms with Crippen LogP contribution in [0.3, 0.4) is 0 Å². The molecule has 7 unspecified atom stereocenters. The highest BCUT2D eigenvalue weighted by atomic mass is 16.5. The van der Waals surface area contributed by atoms with E-state index < -0.39 is 0 Å². The number of carbonyl (C=O) groups is 2. The smallest absolute Gasteiger partial charge is 0.312 e. The molecule has 3 nitrogen and oxygen atoms in total. The Morgan fingerprint density at radius 2 is 1.70 bits per heavy atom. The summed E-state index contributed by atoms with van der Waals surface area (Å²) in [5.74, 6) is 6.36. The summed E-state index contributed by atoms with van der Waals surface area (Å²) >= 11 is 0. The summed E-state index contributed by atoms with van der Waals surface area (Å²) in [5, 5.41) is 0. The first-order chi connectivity index (χ1) is 15.8. The molecular formula is C30H42O3. The van der Waals surface area contributed by atoms with Crippen LogP contribution in [0.4, 0.5) is 0 Å². The van der Waals surface area contributed by atoms with Gasteiger partial charge in [0.25, 0.3) is 0 Å². The van der Waals surface area contributed by atoms with Crippen LogP contribution in [0.25, 0.3) is 0 Å². The van der Waals surface area contributed by atoms with Crippen LogP contribution >= 0.6 is 0 Å². The molecule has 0 aliphatic heterocycles. The second-order valence-electron chi connectivity index (χ2n) is 14.1. The van der Waals surface area contributed by atoms with Gasteiger partial charge in [0.15, 0.2) is 5.78 Å². The van der Waals surface area contributed by atoms with E-state index in [-0.39, 0.29) is 22.9 Å². The van der Waals surface area contributed by atoms with Gasteiger partial charge in [-0.05, 0) is 130 Å². The molecule has 4 bridgehead atoms. The van der Waals surface area contributed by atoms with Gasteiger partial charge in [0, 0.05) is 11.8 Å². The summed E-state index contributed by atoms with van der Waals surface area (Å²) in [6.07, 6.45) is 17.3. The number of hydrogen-bond acceptors (Lipinski definition) is 3. The molecule has 0 N–H and O–H groups in total. The Kier molecular flexibility index (Phi) is 4.62. The summed E-state index contributed by atoms with van der Waals surface area (Å²) in [7, 11) is 0. The molecule has 0 aromatic carbocycles. The fourth-order valence-electron chi connectivity index (χ4n) is 11.3. The normalized spacial score (nSPS) is 54.3. The van der Waals surface area contributed by atoms with Crippen molar-refractivity contribution in [2.45, 2.75) is 103 Å². The minimum Gasteiger partial charge on any atom is -0.461 e. The molecule has 3 heteroatoms. The lowest BCUT2D eigenvalue weighted by molar-refractivity contribution is -0.185. The largest absolute Gasteiger partial charge is 0.461 e. The second kappa shape index (κ2) is 7.20. The molecule has 0 heterocycles. The van der Waals surface area contributed by atoms with Crippen molar-refractivity contribution >= 4 is 11.8 Å². The van der Waals surface area contributed by atoms with E-state index in [0.29, 0.717) is 23.5 Å². The van der Waals surface area contributed by atoms with Crippen LogP contribution in [0.1, 0.15) is 97.3 Å². The standard InChI is InChI=1S/C30H42O3/c1-17-9-21-13-22(31)3-4-23(21)24-7-8-29(2)25(27(17)24)5-6-26(29)33-28(32)30-14-18-10-19(15-30)12-20(11-18)16-30/h13,17-20,23-27H,3-12,14-16H2,1-2H3. The molecule has 7 saturated carbocycles. The zero-order chi connectivity index (χ0) is 22.5. The maximum atomic E-state index is 13.8. The number of esters is 1. The van der Waals surface area contributed by atoms with Gasteiger partial charge in [0.2, 0.25) is 0 Å². The van der Waals surface area contributed by atoms with Gasteiger partial charge in [-0.3, -0.25) is 9.59 Å². The van der Waals surface area contributed by atoms with Crippen molar-refractivity contribution in [1.29, 1.82) is 0 Å². The average molecular weight is 451 g/mol. The van der Waals surface area contributed by atoms with E-state index in [2.05, 4.69) is 13.8 Å². The second-order valence-corrected chi connectivity index (χ2v) is 14.1. The van der Waals surface area contributed by atoms with Crippen molar-refractivity contribution in [2.75, 3.05) is 0 Å². The van der Waals surface area contributed by atoms with Gasteiger partial charge in [-0.25, -0.2) is 0 Å². The average Bonchev–Trinajstić information content (AvgIpc) is 3.08. The molecule has 0 radical (unpaired) electrons. The Bertz CT molecular complexity index is 865. The van der Waals surface area contributed by atoms with Crippen molar-refractivity contribution in [3.8, 4) is 0 Å². The van der Waals surface area contributed by atoms with Crippen molar-refractivity contribution in [3.05, 3.63) is 11.6 Å². The van der Waals surface area contributed by atoms with Gasteiger partial charge >= 0.3 is 5.97 Å². The third-order valence-electron chi connectivity index (χ3n) is 12.3. The van der Waals surface area contributed by atoms with E-state index in [4.69, 9.17) is 4.74 Å². The summed E-state index contributed by atoms with van der Waals surface area (Å²) in [6, 6.07) is 0. The van der Waals surface area contributed by atoms with Gasteiger partial charge in [-0.1, -0.05) is 19.4 Å². The van der Waals surface area contributed by atoms with Crippen LogP contribution in [0.2, 0.25) is 0 Å². The Hall–Kier alpha value is -1.12. The molecule has 8 rings (SSSR count). The topological polar surface area (TPSA) is 43.4 Å². The molecule has 180 valence electrons. The maximum absolute atomic E-state index is 13.8. The van der Waals surface area contributed by atoms with Crippen LogP contribution in [-0.4, -0.2) is 17.9 Å². The molecule has 8 aliphatic rings. The Labute approximate surface area is 199 Å². The highest BCUT2D eigenvalue weighted by Crippen LogP contribution is 2.65. The molecule has 33 heavy (non-hydrogen) atoms. The van der Waals surface area contributed by atoms with Gasteiger partial charge in [-0.15, -0.1) is 0 Å². The predicted octanol–water partition coefficient (Wildman–Crippen LogP) is 6.50. The van der Waals surface area contributed by atoms with E-state index in [0.717, 1.165) is 74.5 Å². The van der Waals surface area contributed by atoms with Gasteiger partial charge < -0.3 is 4.74 Å². The van der Waals surface area contributed by atoms with E-state index in [1.807, 2.05) is 6.08 Å². The molecule has 7 fully saturated rings. The lowest BCUT2D eigenvalue weighted by Crippen LogP contribution is -2.53. The number of carbonyl (C=O) groups excluding carboxylic acids is 2. The van der Waals surface area contributed by atoms with Crippen LogP contribution in [-0.2, 0) is 14.3 Å². The summed E-state index contributed by atoms with van der Waals surface area (Å²) in [5.41, 5.74) is 1.48. The molecule has 0 aromatic heterocycles. The lowest BCUT2D eigenvalue weighted by Gasteiger charge is -2.57. The third kappa shape index (κ3) is 3.05. The van der Waals surface area contributed by atoms with E-state index in [1.54, 1.807) is 0 Å². The van der Waals surface area contributed by atoms with Gasteiger partial charge in [0.05, 0.1) is 5.41 Å². The summed E-state index contributed by atoms with van der Waals surface area (Å²) in [4.78, 5) is 25.8. The van der Waals surface area contributed by atoms with Crippen molar-refractivity contribution < 1.29 is 14.3 Å². The van der Waals surface area contributed by atoms with Crippen LogP contribution in [0, 0.1) is 58.2 Å². The van der Waals surface area contributed by atoms with Crippen molar-refractivity contribution in [3.63, 3.8) is 0 Å². The monoisotopic (exact) mass is 450 g/mol. The predicted molar refractivity (Wildman–Crippen MR) is 127 cm³/mol. The molecule has 0 amide bonds. The fraction of sp³-hybridized carbons (Fsp3) is 0.867. The zero-order valence-corrected chi connectivity index (χ0v) is 20.7. The number of hydrogen-bond donors (Lipinski definition) is 0.